The lowest BCUT2D eigenvalue weighted by Gasteiger charge is -2.35. The average molecular weight is 591 g/mol. The van der Waals surface area contributed by atoms with E-state index in [0.717, 1.165) is 32.1 Å². The predicted octanol–water partition coefficient (Wildman–Crippen LogP) is 5.53. The third kappa shape index (κ3) is 7.00. The van der Waals surface area contributed by atoms with Crippen LogP contribution in [0.4, 0.5) is 24.7 Å². The van der Waals surface area contributed by atoms with Crippen molar-refractivity contribution in [3.63, 3.8) is 0 Å². The summed E-state index contributed by atoms with van der Waals surface area (Å²) < 4.78 is 53.5. The van der Waals surface area contributed by atoms with Crippen LogP contribution < -0.4 is 20.1 Å². The molecule has 2 aliphatic rings. The maximum atomic E-state index is 14.0. The minimum absolute atomic E-state index is 0.0283. The summed E-state index contributed by atoms with van der Waals surface area (Å²) >= 11 is 6.30. The molecule has 1 saturated heterocycles. The summed E-state index contributed by atoms with van der Waals surface area (Å²) in [6, 6.07) is 8.20. The Morgan fingerprint density at radius 2 is 1.90 bits per heavy atom. The molecule has 0 saturated carbocycles. The number of nitrogens with one attached hydrogen (secondary N) is 2. The Kier molecular flexibility index (Phi) is 8.81. The highest BCUT2D eigenvalue weighted by atomic mass is 35.5. The molecule has 2 aliphatic heterocycles. The maximum Gasteiger partial charge on any atom is 0.416 e. The molecule has 1 fully saturated rings. The van der Waals surface area contributed by atoms with Gasteiger partial charge in [-0.05, 0) is 48.9 Å². The quantitative estimate of drug-likeness (QED) is 0.354. The van der Waals surface area contributed by atoms with Gasteiger partial charge in [0.05, 0.1) is 17.1 Å². The predicted molar refractivity (Wildman–Crippen MR) is 149 cm³/mol. The summed E-state index contributed by atoms with van der Waals surface area (Å²) in [5.74, 6) is 0.391. The summed E-state index contributed by atoms with van der Waals surface area (Å²) in [6.07, 6.45) is -2.23. The van der Waals surface area contributed by atoms with E-state index in [0.29, 0.717) is 37.8 Å². The number of anilines is 2. The van der Waals surface area contributed by atoms with Crippen LogP contribution in [-0.2, 0) is 12.7 Å². The number of piperazine rings is 1. The molecule has 218 valence electrons. The van der Waals surface area contributed by atoms with Gasteiger partial charge in [0.2, 0.25) is 5.75 Å². The first-order chi connectivity index (χ1) is 19.7. The molecule has 3 aromatic rings. The topological polar surface area (TPSA) is 91.9 Å². The Hall–Kier alpha value is -3.61. The molecule has 41 heavy (non-hydrogen) atoms. The number of carbonyl (C=O) groups is 1. The van der Waals surface area contributed by atoms with Crippen LogP contribution in [0.3, 0.4) is 0 Å². The van der Waals surface area contributed by atoms with E-state index in [1.165, 1.54) is 36.7 Å². The third-order valence-corrected chi connectivity index (χ3v) is 7.20. The lowest BCUT2D eigenvalue weighted by atomic mass is 10.0. The fourth-order valence-electron chi connectivity index (χ4n) is 4.82. The fraction of sp³-hybridized carbons (Fsp3) is 0.393. The lowest BCUT2D eigenvalue weighted by Crippen LogP contribution is -2.46. The van der Waals surface area contributed by atoms with Crippen molar-refractivity contribution in [2.45, 2.75) is 26.1 Å². The number of halogens is 4. The van der Waals surface area contributed by atoms with Gasteiger partial charge in [0.15, 0.2) is 5.82 Å². The van der Waals surface area contributed by atoms with Crippen molar-refractivity contribution >= 4 is 29.0 Å². The van der Waals surface area contributed by atoms with Crippen molar-refractivity contribution in [1.29, 1.82) is 0 Å². The van der Waals surface area contributed by atoms with Gasteiger partial charge in [0.1, 0.15) is 18.7 Å². The number of ether oxygens (including phenoxy) is 2. The van der Waals surface area contributed by atoms with Gasteiger partial charge in [-0.2, -0.15) is 18.2 Å². The van der Waals surface area contributed by atoms with Gasteiger partial charge in [0, 0.05) is 44.0 Å². The average Bonchev–Trinajstić information content (AvgIpc) is 2.96. The highest BCUT2D eigenvalue weighted by molar-refractivity contribution is 6.32. The molecule has 1 amide bonds. The highest BCUT2D eigenvalue weighted by Gasteiger charge is 2.34. The molecule has 0 spiro atoms. The van der Waals surface area contributed by atoms with Crippen LogP contribution in [0.2, 0.25) is 5.02 Å². The van der Waals surface area contributed by atoms with Gasteiger partial charge < -0.3 is 25.0 Å². The van der Waals surface area contributed by atoms with Gasteiger partial charge >= 0.3 is 6.18 Å². The number of amides is 1. The van der Waals surface area contributed by atoms with E-state index in [9.17, 15) is 18.0 Å². The first kappa shape index (κ1) is 28.9. The zero-order valence-corrected chi connectivity index (χ0v) is 23.2. The van der Waals surface area contributed by atoms with E-state index in [-0.39, 0.29) is 40.0 Å². The van der Waals surface area contributed by atoms with Crippen LogP contribution in [0.15, 0.2) is 42.7 Å². The molecule has 3 heterocycles. The number of aromatic nitrogens is 2. The molecule has 13 heteroatoms. The molecular weight excluding hydrogens is 561 g/mol. The molecule has 2 N–H and O–H groups in total. The Labute approximate surface area is 240 Å². The number of alkyl halides is 3. The van der Waals surface area contributed by atoms with E-state index in [2.05, 4.69) is 32.4 Å². The van der Waals surface area contributed by atoms with Crippen LogP contribution in [0.25, 0.3) is 0 Å². The van der Waals surface area contributed by atoms with E-state index in [1.807, 2.05) is 4.90 Å². The zero-order chi connectivity index (χ0) is 29.0. The van der Waals surface area contributed by atoms with Crippen LogP contribution in [-0.4, -0.2) is 71.6 Å². The second kappa shape index (κ2) is 12.5. The van der Waals surface area contributed by atoms with Crippen molar-refractivity contribution in [1.82, 2.24) is 19.8 Å². The summed E-state index contributed by atoms with van der Waals surface area (Å²) in [5.41, 5.74) is -0.436. The van der Waals surface area contributed by atoms with E-state index < -0.39 is 17.6 Å². The number of hydrogen-bond donors (Lipinski definition) is 2. The first-order valence-electron chi connectivity index (χ1n) is 13.4. The van der Waals surface area contributed by atoms with Gasteiger partial charge in [-0.15, -0.1) is 0 Å². The van der Waals surface area contributed by atoms with Crippen molar-refractivity contribution in [2.75, 3.05) is 56.5 Å². The Morgan fingerprint density at radius 1 is 1.12 bits per heavy atom. The summed E-state index contributed by atoms with van der Waals surface area (Å²) in [5, 5.41) is 5.84. The molecule has 0 atom stereocenters. The minimum atomic E-state index is -4.57. The van der Waals surface area contributed by atoms with Crippen LogP contribution in [0.5, 0.6) is 17.4 Å². The number of rotatable bonds is 8. The molecule has 9 nitrogen and oxygen atoms in total. The normalized spacial score (nSPS) is 15.9. The largest absolute Gasteiger partial charge is 0.483 e. The van der Waals surface area contributed by atoms with Crippen LogP contribution in [0, 0.1) is 0 Å². The van der Waals surface area contributed by atoms with E-state index >= 15 is 0 Å². The van der Waals surface area contributed by atoms with Crippen LogP contribution in [0.1, 0.15) is 34.8 Å². The SMILES string of the molecule is CCCN1CCN(Cc2ccc(NC(=O)c3ccc(Cl)c(Oc4ncnc5c4OCCN5)c3)cc2C(F)(F)F)CC1. The number of nitrogens with zero attached hydrogens (tertiary/aromatic N) is 4. The molecule has 1 aromatic heterocycles. The standard InChI is InChI=1S/C28H30ClF3N6O3/c1-2-8-37-9-11-38(12-10-37)16-19-3-5-20(15-21(19)28(30,31)32)36-26(39)18-4-6-22(29)23(14-18)41-27-24-25(34-17-35-27)33-7-13-40-24/h3-6,14-15,17H,2,7-13,16H2,1H3,(H,36,39)(H,33,34,35). The van der Waals surface area contributed by atoms with Gasteiger partial charge in [-0.1, -0.05) is 24.6 Å². The lowest BCUT2D eigenvalue weighted by molar-refractivity contribution is -0.138. The third-order valence-electron chi connectivity index (χ3n) is 6.88. The van der Waals surface area contributed by atoms with Crippen molar-refractivity contribution in [3.8, 4) is 17.4 Å². The first-order valence-corrected chi connectivity index (χ1v) is 13.7. The molecule has 0 aliphatic carbocycles. The van der Waals surface area contributed by atoms with Gasteiger partial charge in [-0.25, -0.2) is 4.98 Å². The Morgan fingerprint density at radius 3 is 2.66 bits per heavy atom. The molecule has 2 aromatic carbocycles. The molecule has 0 unspecified atom stereocenters. The summed E-state index contributed by atoms with van der Waals surface area (Å²) in [6.45, 7) is 7.34. The number of hydrogen-bond acceptors (Lipinski definition) is 8. The van der Waals surface area contributed by atoms with E-state index in [4.69, 9.17) is 21.1 Å². The smallest absolute Gasteiger partial charge is 0.416 e. The molecule has 0 bridgehead atoms. The maximum absolute atomic E-state index is 14.0. The Balaban J connectivity index is 1.30. The summed E-state index contributed by atoms with van der Waals surface area (Å²) in [7, 11) is 0. The van der Waals surface area contributed by atoms with Gasteiger partial charge in [0.25, 0.3) is 11.8 Å². The van der Waals surface area contributed by atoms with Crippen molar-refractivity contribution in [2.24, 2.45) is 0 Å². The Bertz CT molecular complexity index is 1400. The van der Waals surface area contributed by atoms with E-state index in [1.54, 1.807) is 0 Å². The number of benzene rings is 2. The number of fused-ring (bicyclic) bond motifs is 1. The minimum Gasteiger partial charge on any atom is -0.483 e. The monoisotopic (exact) mass is 590 g/mol. The zero-order valence-electron chi connectivity index (χ0n) is 22.4. The molecule has 5 rings (SSSR count). The van der Waals surface area contributed by atoms with Crippen molar-refractivity contribution in [3.05, 3.63) is 64.4 Å². The highest BCUT2D eigenvalue weighted by Crippen LogP contribution is 2.39. The molecular formula is C28H30ClF3N6O3. The van der Waals surface area contributed by atoms with Gasteiger partial charge in [-0.3, -0.25) is 9.69 Å². The second-order valence-electron chi connectivity index (χ2n) is 9.82. The second-order valence-corrected chi connectivity index (χ2v) is 10.2. The van der Waals surface area contributed by atoms with Crippen molar-refractivity contribution < 1.29 is 27.4 Å². The molecule has 0 radical (unpaired) electrons. The number of carbonyl (C=O) groups excluding carboxylic acids is 1. The fourth-order valence-corrected chi connectivity index (χ4v) is 4.98. The summed E-state index contributed by atoms with van der Waals surface area (Å²) in [4.78, 5) is 25.6. The van der Waals surface area contributed by atoms with Crippen LogP contribution >= 0.6 is 11.6 Å².